The fourth-order valence-corrected chi connectivity index (χ4v) is 5.04. The van der Waals surface area contributed by atoms with Crippen LogP contribution in [0.5, 0.6) is 0 Å². The minimum absolute atomic E-state index is 0.0228. The minimum Gasteiger partial charge on any atom is -0.324 e. The van der Waals surface area contributed by atoms with Gasteiger partial charge in [0.15, 0.2) is 0 Å². The van der Waals surface area contributed by atoms with Gasteiger partial charge < -0.3 is 4.90 Å². The van der Waals surface area contributed by atoms with Gasteiger partial charge in [-0.25, -0.2) is 0 Å². The second-order valence-electron chi connectivity index (χ2n) is 7.10. The number of thioether (sulfide) groups is 1. The summed E-state index contributed by atoms with van der Waals surface area (Å²) < 4.78 is 0. The van der Waals surface area contributed by atoms with Crippen LogP contribution < -0.4 is 0 Å². The van der Waals surface area contributed by atoms with Gasteiger partial charge in [0.1, 0.15) is 4.87 Å². The van der Waals surface area contributed by atoms with E-state index in [9.17, 15) is 4.79 Å². The average molecular weight is 284 g/mol. The lowest BCUT2D eigenvalue weighted by Crippen LogP contribution is -2.64. The molecule has 4 heteroatoms. The molecule has 2 rings (SSSR count). The van der Waals surface area contributed by atoms with E-state index in [1.54, 1.807) is 0 Å². The summed E-state index contributed by atoms with van der Waals surface area (Å²) in [7, 11) is 0. The molecule has 0 bridgehead atoms. The quantitative estimate of drug-likeness (QED) is 0.739. The van der Waals surface area contributed by atoms with Crippen LogP contribution in [0.1, 0.15) is 53.9 Å². The van der Waals surface area contributed by atoms with Crippen molar-refractivity contribution < 1.29 is 4.79 Å². The molecule has 0 aromatic carbocycles. The fraction of sp³-hybridized carbons (Fsp3) is 0.933. The van der Waals surface area contributed by atoms with Crippen LogP contribution in [-0.4, -0.2) is 51.0 Å². The molecule has 1 spiro atoms. The number of hydrogen-bond donors (Lipinski definition) is 0. The highest BCUT2D eigenvalue weighted by Crippen LogP contribution is 2.44. The Labute approximate surface area is 122 Å². The third-order valence-corrected chi connectivity index (χ3v) is 5.77. The molecule has 0 aromatic heterocycles. The monoisotopic (exact) mass is 284 g/mol. The molecule has 2 saturated heterocycles. The van der Waals surface area contributed by atoms with Crippen molar-refractivity contribution >= 4 is 17.7 Å². The Kier molecular flexibility index (Phi) is 4.22. The van der Waals surface area contributed by atoms with Gasteiger partial charge in [0.2, 0.25) is 5.91 Å². The molecule has 1 unspecified atom stereocenters. The smallest absolute Gasteiger partial charge is 0.224 e. The van der Waals surface area contributed by atoms with Gasteiger partial charge in [-0.1, -0.05) is 0 Å². The minimum atomic E-state index is 0.0228. The van der Waals surface area contributed by atoms with E-state index in [-0.39, 0.29) is 10.4 Å². The van der Waals surface area contributed by atoms with Crippen molar-refractivity contribution in [3.8, 4) is 0 Å². The molecule has 2 heterocycles. The van der Waals surface area contributed by atoms with E-state index in [0.717, 1.165) is 25.3 Å². The predicted molar refractivity (Wildman–Crippen MR) is 82.3 cm³/mol. The molecule has 19 heavy (non-hydrogen) atoms. The second kappa shape index (κ2) is 5.28. The zero-order valence-corrected chi connectivity index (χ0v) is 13.8. The first-order valence-electron chi connectivity index (χ1n) is 7.47. The number of amides is 1. The van der Waals surface area contributed by atoms with E-state index in [1.165, 1.54) is 6.42 Å². The molecule has 110 valence electrons. The number of carbonyl (C=O) groups is 1. The number of likely N-dealkylation sites (tertiary alicyclic amines) is 1. The largest absolute Gasteiger partial charge is 0.324 e. The number of nitrogens with zero attached hydrogens (tertiary/aromatic N) is 2. The van der Waals surface area contributed by atoms with Gasteiger partial charge in [0, 0.05) is 30.3 Å². The molecule has 2 aliphatic rings. The Morgan fingerprint density at radius 1 is 1.32 bits per heavy atom. The first-order valence-corrected chi connectivity index (χ1v) is 8.46. The standard InChI is InChI=1S/C15H28N2OS/c1-12(2)17-13(18)7-10-19-15(17)8-6-9-16(11-15)14(3,4)5/h12H,6-11H2,1-5H3. The van der Waals surface area contributed by atoms with Crippen molar-refractivity contribution in [2.24, 2.45) is 0 Å². The molecular weight excluding hydrogens is 256 g/mol. The number of carbonyl (C=O) groups excluding carboxylic acids is 1. The van der Waals surface area contributed by atoms with Gasteiger partial charge in [-0.05, 0) is 54.0 Å². The maximum atomic E-state index is 12.4. The Hall–Kier alpha value is -0.220. The summed E-state index contributed by atoms with van der Waals surface area (Å²) in [5.74, 6) is 1.34. The molecule has 0 aliphatic carbocycles. The Morgan fingerprint density at radius 2 is 2.00 bits per heavy atom. The second-order valence-corrected chi connectivity index (χ2v) is 8.55. The Balaban J connectivity index is 2.26. The predicted octanol–water partition coefficient (Wildman–Crippen LogP) is 2.95. The van der Waals surface area contributed by atoms with E-state index in [0.29, 0.717) is 18.4 Å². The number of rotatable bonds is 1. The molecule has 3 nitrogen and oxygen atoms in total. The molecule has 1 amide bonds. The van der Waals surface area contributed by atoms with Crippen LogP contribution in [0.2, 0.25) is 0 Å². The molecular formula is C15H28N2OS. The van der Waals surface area contributed by atoms with Gasteiger partial charge in [0.05, 0.1) is 0 Å². The highest BCUT2D eigenvalue weighted by atomic mass is 32.2. The average Bonchev–Trinajstić information content (AvgIpc) is 2.27. The van der Waals surface area contributed by atoms with Gasteiger partial charge in [-0.15, -0.1) is 11.8 Å². The molecule has 1 atom stereocenters. The van der Waals surface area contributed by atoms with Gasteiger partial charge in [-0.3, -0.25) is 9.69 Å². The zero-order chi connectivity index (χ0) is 14.3. The molecule has 0 aromatic rings. The van der Waals surface area contributed by atoms with Crippen LogP contribution in [0.15, 0.2) is 0 Å². The Bertz CT molecular complexity index is 347. The Morgan fingerprint density at radius 3 is 2.58 bits per heavy atom. The van der Waals surface area contributed by atoms with E-state index in [4.69, 9.17) is 0 Å². The van der Waals surface area contributed by atoms with Crippen molar-refractivity contribution in [1.82, 2.24) is 9.80 Å². The lowest BCUT2D eigenvalue weighted by atomic mass is 9.95. The van der Waals surface area contributed by atoms with Crippen LogP contribution in [0.4, 0.5) is 0 Å². The summed E-state index contributed by atoms with van der Waals surface area (Å²) in [5, 5.41) is 0. The summed E-state index contributed by atoms with van der Waals surface area (Å²) in [6, 6.07) is 0.306. The zero-order valence-electron chi connectivity index (χ0n) is 13.0. The molecule has 0 saturated carbocycles. The van der Waals surface area contributed by atoms with Crippen LogP contribution in [0, 0.1) is 0 Å². The van der Waals surface area contributed by atoms with Crippen molar-refractivity contribution in [1.29, 1.82) is 0 Å². The molecule has 0 radical (unpaired) electrons. The van der Waals surface area contributed by atoms with Crippen molar-refractivity contribution in [2.45, 2.75) is 70.3 Å². The van der Waals surface area contributed by atoms with Crippen molar-refractivity contribution in [3.05, 3.63) is 0 Å². The molecule has 0 N–H and O–H groups in total. The maximum absolute atomic E-state index is 12.4. The molecule has 2 fully saturated rings. The summed E-state index contributed by atoms with van der Waals surface area (Å²) in [4.78, 5) is 17.1. The maximum Gasteiger partial charge on any atom is 0.224 e. The fourth-order valence-electron chi connectivity index (χ4n) is 3.39. The highest BCUT2D eigenvalue weighted by molar-refractivity contribution is 8.00. The molecule has 2 aliphatic heterocycles. The number of piperidine rings is 1. The lowest BCUT2D eigenvalue weighted by Gasteiger charge is -2.55. The normalized spacial score (nSPS) is 30.4. The van der Waals surface area contributed by atoms with Crippen molar-refractivity contribution in [3.63, 3.8) is 0 Å². The van der Waals surface area contributed by atoms with Crippen molar-refractivity contribution in [2.75, 3.05) is 18.8 Å². The lowest BCUT2D eigenvalue weighted by molar-refractivity contribution is -0.139. The summed E-state index contributed by atoms with van der Waals surface area (Å²) in [6.45, 7) is 13.3. The summed E-state index contributed by atoms with van der Waals surface area (Å²) in [5.41, 5.74) is 0.192. The van der Waals surface area contributed by atoms with E-state index < -0.39 is 0 Å². The SMILES string of the molecule is CC(C)N1C(=O)CCSC12CCCN(C(C)(C)C)C2. The van der Waals surface area contributed by atoms with Crippen LogP contribution in [0.3, 0.4) is 0 Å². The number of hydrogen-bond acceptors (Lipinski definition) is 3. The van der Waals surface area contributed by atoms with Crippen LogP contribution in [-0.2, 0) is 4.79 Å². The van der Waals surface area contributed by atoms with Crippen LogP contribution >= 0.6 is 11.8 Å². The van der Waals surface area contributed by atoms with Gasteiger partial charge in [0.25, 0.3) is 0 Å². The highest BCUT2D eigenvalue weighted by Gasteiger charge is 2.48. The van der Waals surface area contributed by atoms with Gasteiger partial charge in [-0.2, -0.15) is 0 Å². The van der Waals surface area contributed by atoms with Gasteiger partial charge >= 0.3 is 0 Å². The summed E-state index contributed by atoms with van der Waals surface area (Å²) in [6.07, 6.45) is 3.05. The van der Waals surface area contributed by atoms with Crippen LogP contribution in [0.25, 0.3) is 0 Å². The van der Waals surface area contributed by atoms with E-state index in [2.05, 4.69) is 44.4 Å². The van der Waals surface area contributed by atoms with E-state index >= 15 is 0 Å². The topological polar surface area (TPSA) is 23.6 Å². The third-order valence-electron chi connectivity index (χ3n) is 4.29. The first-order chi connectivity index (χ1) is 8.76. The van der Waals surface area contributed by atoms with E-state index in [1.807, 2.05) is 11.8 Å². The third kappa shape index (κ3) is 2.94. The summed E-state index contributed by atoms with van der Waals surface area (Å²) >= 11 is 2.01. The first kappa shape index (κ1) is 15.2.